The van der Waals surface area contributed by atoms with Crippen LogP contribution in [-0.4, -0.2) is 30.8 Å². The Morgan fingerprint density at radius 3 is 1.74 bits per heavy atom. The molecule has 0 atom stereocenters. The molecule has 0 saturated heterocycles. The molecule has 0 N–H and O–H groups in total. The number of aliphatic imine (C=N–C) groups is 1. The van der Waals surface area contributed by atoms with E-state index in [-0.39, 0.29) is 5.69 Å². The Balaban J connectivity index is 1.31. The van der Waals surface area contributed by atoms with E-state index in [1.165, 1.54) is 4.57 Å². The Morgan fingerprint density at radius 1 is 0.660 bits per heavy atom. The van der Waals surface area contributed by atoms with E-state index in [0.29, 0.717) is 23.3 Å². The fraction of sp³-hybridized carbons (Fsp3) is 0.0250. The Bertz CT molecular complexity index is 2270. The normalized spacial score (nSPS) is 11.8. The van der Waals surface area contributed by atoms with Gasteiger partial charge in [0.05, 0.1) is 11.0 Å². The molecule has 2 heterocycles. The van der Waals surface area contributed by atoms with E-state index < -0.39 is 0 Å². The highest BCUT2D eigenvalue weighted by Gasteiger charge is 2.15. The van der Waals surface area contributed by atoms with E-state index in [9.17, 15) is 4.79 Å². The quantitative estimate of drug-likeness (QED) is 0.115. The van der Waals surface area contributed by atoms with Gasteiger partial charge in [-0.1, -0.05) is 129 Å². The van der Waals surface area contributed by atoms with Gasteiger partial charge in [0.25, 0.3) is 0 Å². The summed E-state index contributed by atoms with van der Waals surface area (Å²) in [6.45, 7) is 15.1. The van der Waals surface area contributed by atoms with Gasteiger partial charge in [-0.3, -0.25) is 4.57 Å². The first-order valence-electron chi connectivity index (χ1n) is 14.9. The van der Waals surface area contributed by atoms with E-state index >= 15 is 0 Å². The number of rotatable bonds is 10. The molecule has 7 heteroatoms. The van der Waals surface area contributed by atoms with Crippen molar-refractivity contribution >= 4 is 29.1 Å². The average Bonchev–Trinajstić information content (AvgIpc) is 3.38. The molecule has 0 bridgehead atoms. The third-order valence-corrected chi connectivity index (χ3v) is 7.85. The predicted molar refractivity (Wildman–Crippen MR) is 195 cm³/mol. The number of hydrogen-bond donors (Lipinski definition) is 0. The molecular weight excluding hydrogens is 580 g/mol. The number of aromatic nitrogens is 5. The van der Waals surface area contributed by atoms with E-state index in [4.69, 9.17) is 15.0 Å². The van der Waals surface area contributed by atoms with Crippen LogP contribution in [0, 0.1) is 0 Å². The number of benzene rings is 4. The molecule has 4 aromatic carbocycles. The molecule has 2 aromatic heterocycles. The summed E-state index contributed by atoms with van der Waals surface area (Å²) >= 11 is 0. The highest BCUT2D eigenvalue weighted by Crippen LogP contribution is 2.30. The summed E-state index contributed by atoms with van der Waals surface area (Å²) in [6, 6.07) is 32.3. The number of imidazole rings is 1. The molecule has 47 heavy (non-hydrogen) atoms. The molecule has 0 radical (unpaired) electrons. The van der Waals surface area contributed by atoms with Gasteiger partial charge in [-0.15, -0.1) is 0 Å². The van der Waals surface area contributed by atoms with Crippen LogP contribution in [-0.2, 0) is 7.05 Å². The second-order valence-electron chi connectivity index (χ2n) is 10.7. The Kier molecular flexibility index (Phi) is 8.62. The second-order valence-corrected chi connectivity index (χ2v) is 10.7. The maximum atomic E-state index is 13.0. The van der Waals surface area contributed by atoms with Crippen molar-refractivity contribution < 1.29 is 0 Å². The molecule has 0 aliphatic carbocycles. The predicted octanol–water partition coefficient (Wildman–Crippen LogP) is 8.63. The third-order valence-electron chi connectivity index (χ3n) is 7.85. The Hall–Kier alpha value is -6.47. The van der Waals surface area contributed by atoms with Crippen LogP contribution < -0.4 is 5.69 Å². The van der Waals surface area contributed by atoms with Crippen molar-refractivity contribution in [2.24, 2.45) is 12.0 Å². The van der Waals surface area contributed by atoms with Crippen molar-refractivity contribution in [1.82, 2.24) is 24.1 Å². The van der Waals surface area contributed by atoms with Crippen LogP contribution in [0.15, 0.2) is 157 Å². The van der Waals surface area contributed by atoms with Crippen LogP contribution in [0.2, 0.25) is 0 Å². The highest BCUT2D eigenvalue weighted by molar-refractivity contribution is 5.86. The smallest absolute Gasteiger partial charge is 0.295 e. The summed E-state index contributed by atoms with van der Waals surface area (Å²) < 4.78 is 3.15. The molecule has 7 nitrogen and oxygen atoms in total. The standard InChI is InChI=1S/C40H32N6O/c1-6-12-27(8-3)37-42-38(31-14-10-9-11-15-31)44-39(43-37)32-22-20-29(21-23-32)28-16-18-30(19-17-28)33-24-25-34-35(26-33)45(5)40(47)46(34)36(41-4)13-7-2/h6-26H,1-4H2,5H3/b27-12+,36-13+. The van der Waals surface area contributed by atoms with Gasteiger partial charge in [-0.05, 0) is 47.2 Å². The minimum absolute atomic E-state index is 0.199. The topological polar surface area (TPSA) is 78.0 Å². The molecule has 0 aliphatic rings. The molecule has 0 fully saturated rings. The summed E-state index contributed by atoms with van der Waals surface area (Å²) in [5.74, 6) is 2.12. The van der Waals surface area contributed by atoms with Gasteiger partial charge in [-0.25, -0.2) is 29.3 Å². The van der Waals surface area contributed by atoms with Crippen LogP contribution >= 0.6 is 0 Å². The Morgan fingerprint density at radius 2 is 1.19 bits per heavy atom. The third kappa shape index (κ3) is 5.98. The van der Waals surface area contributed by atoms with Crippen molar-refractivity contribution in [3.63, 3.8) is 0 Å². The van der Waals surface area contributed by atoms with Gasteiger partial charge in [0.2, 0.25) is 0 Å². The van der Waals surface area contributed by atoms with Crippen LogP contribution in [0.3, 0.4) is 0 Å². The molecule has 6 aromatic rings. The molecule has 0 amide bonds. The van der Waals surface area contributed by atoms with Crippen molar-refractivity contribution in [2.75, 3.05) is 0 Å². The van der Waals surface area contributed by atoms with Gasteiger partial charge < -0.3 is 0 Å². The summed E-state index contributed by atoms with van der Waals surface area (Å²) in [6.07, 6.45) is 8.50. The molecule has 0 unspecified atom stereocenters. The van der Waals surface area contributed by atoms with Crippen molar-refractivity contribution in [3.8, 4) is 45.0 Å². The summed E-state index contributed by atoms with van der Waals surface area (Å²) in [5, 5.41) is 0. The number of nitrogens with zero attached hydrogens (tertiary/aromatic N) is 6. The van der Waals surface area contributed by atoms with Gasteiger partial charge in [0.15, 0.2) is 17.5 Å². The molecular formula is C40H32N6O. The van der Waals surface area contributed by atoms with Crippen LogP contribution in [0.1, 0.15) is 5.82 Å². The fourth-order valence-electron chi connectivity index (χ4n) is 5.42. The SMILES string of the molecule is C=C/C=C(\C=C)c1nc(-c2ccccc2)nc(-c2ccc(-c3ccc(-c4ccc5c(c4)n(C)c(=O)n5/C(=C/C=C)N=C)cc3)cc2)n1. The van der Waals surface area contributed by atoms with Crippen LogP contribution in [0.4, 0.5) is 0 Å². The van der Waals surface area contributed by atoms with Crippen LogP contribution in [0.5, 0.6) is 0 Å². The van der Waals surface area contributed by atoms with Gasteiger partial charge >= 0.3 is 5.69 Å². The Labute approximate surface area is 273 Å². The lowest BCUT2D eigenvalue weighted by atomic mass is 9.99. The summed E-state index contributed by atoms with van der Waals surface area (Å²) in [4.78, 5) is 31.4. The zero-order valence-electron chi connectivity index (χ0n) is 26.0. The van der Waals surface area contributed by atoms with E-state index in [0.717, 1.165) is 50.0 Å². The molecule has 0 saturated carbocycles. The first-order valence-corrected chi connectivity index (χ1v) is 14.9. The van der Waals surface area contributed by atoms with Crippen molar-refractivity contribution in [2.45, 2.75) is 0 Å². The number of fused-ring (bicyclic) bond motifs is 1. The zero-order valence-corrected chi connectivity index (χ0v) is 26.0. The lowest BCUT2D eigenvalue weighted by Gasteiger charge is -2.10. The number of allylic oxidation sites excluding steroid dienone is 6. The summed E-state index contributed by atoms with van der Waals surface area (Å²) in [5.41, 5.74) is 8.04. The van der Waals surface area contributed by atoms with Crippen molar-refractivity contribution in [1.29, 1.82) is 0 Å². The number of hydrogen-bond acceptors (Lipinski definition) is 5. The second kappa shape index (κ2) is 13.3. The van der Waals surface area contributed by atoms with Crippen LogP contribution in [0.25, 0.3) is 67.5 Å². The monoisotopic (exact) mass is 612 g/mol. The summed E-state index contributed by atoms with van der Waals surface area (Å²) in [7, 11) is 1.75. The molecule has 0 aliphatic heterocycles. The first-order chi connectivity index (χ1) is 22.9. The highest BCUT2D eigenvalue weighted by atomic mass is 16.1. The largest absolute Gasteiger partial charge is 0.334 e. The minimum Gasteiger partial charge on any atom is -0.295 e. The van der Waals surface area contributed by atoms with Gasteiger partial charge in [-0.2, -0.15) is 0 Å². The van der Waals surface area contributed by atoms with E-state index in [2.05, 4.69) is 67.8 Å². The molecule has 6 rings (SSSR count). The molecule has 228 valence electrons. The van der Waals surface area contributed by atoms with E-state index in [1.54, 1.807) is 35.9 Å². The van der Waals surface area contributed by atoms with Crippen molar-refractivity contribution in [3.05, 3.63) is 163 Å². The van der Waals surface area contributed by atoms with Gasteiger partial charge in [0.1, 0.15) is 5.82 Å². The molecule has 0 spiro atoms. The minimum atomic E-state index is -0.199. The lowest BCUT2D eigenvalue weighted by molar-refractivity contribution is 0.849. The first kappa shape index (κ1) is 30.6. The fourth-order valence-corrected chi connectivity index (χ4v) is 5.42. The van der Waals surface area contributed by atoms with Gasteiger partial charge in [0, 0.05) is 23.7 Å². The maximum absolute atomic E-state index is 13.0. The average molecular weight is 613 g/mol. The lowest BCUT2D eigenvalue weighted by Crippen LogP contribution is -2.21. The number of aryl methyl sites for hydroxylation is 1. The zero-order chi connectivity index (χ0) is 32.9. The maximum Gasteiger partial charge on any atom is 0.334 e. The van der Waals surface area contributed by atoms with E-state index in [1.807, 2.05) is 66.7 Å².